The maximum atomic E-state index is 11.0. The smallest absolute Gasteiger partial charge is 0.295 e. The molecular weight excluding hydrogens is 288 g/mol. The molecule has 0 amide bonds. The molecule has 84 valence electrons. The van der Waals surface area contributed by atoms with Crippen molar-refractivity contribution < 1.29 is 22.4 Å². The maximum absolute atomic E-state index is 11.0. The Morgan fingerprint density at radius 1 is 1.20 bits per heavy atom. The zero-order valence-corrected chi connectivity index (χ0v) is 10.4. The fraction of sp³-hybridized carbons (Fsp3) is 0.250. The highest BCUT2D eigenvalue weighted by molar-refractivity contribution is 9.10. The van der Waals surface area contributed by atoms with Crippen molar-refractivity contribution in [2.24, 2.45) is 0 Å². The Balaban J connectivity index is 3.46. The molecule has 7 heteroatoms. The summed E-state index contributed by atoms with van der Waals surface area (Å²) < 4.78 is 40.9. The van der Waals surface area contributed by atoms with Crippen LogP contribution in [0, 0.1) is 0 Å². The fourth-order valence-electron chi connectivity index (χ4n) is 1.03. The highest BCUT2D eigenvalue weighted by atomic mass is 79.9. The molecule has 0 aliphatic heterocycles. The molecule has 5 nitrogen and oxygen atoms in total. The fourth-order valence-corrected chi connectivity index (χ4v) is 2.53. The lowest BCUT2D eigenvalue weighted by Crippen LogP contribution is -2.01. The van der Waals surface area contributed by atoms with Gasteiger partial charge in [-0.15, -0.1) is 0 Å². The summed E-state index contributed by atoms with van der Waals surface area (Å²) in [6.45, 7) is 0. The molecule has 0 fully saturated rings. The van der Waals surface area contributed by atoms with E-state index in [9.17, 15) is 8.42 Å². The minimum absolute atomic E-state index is 0.211. The summed E-state index contributed by atoms with van der Waals surface area (Å²) in [5.74, 6) is 0.602. The normalized spacial score (nSPS) is 11.2. The molecular formula is C8H9BrO5S. The molecule has 1 rings (SSSR count). The van der Waals surface area contributed by atoms with Crippen LogP contribution in [-0.4, -0.2) is 27.2 Å². The summed E-state index contributed by atoms with van der Waals surface area (Å²) in [4.78, 5) is -0.264. The van der Waals surface area contributed by atoms with Crippen LogP contribution in [0.1, 0.15) is 0 Å². The van der Waals surface area contributed by atoms with Crippen LogP contribution in [0.3, 0.4) is 0 Å². The molecule has 0 saturated heterocycles. The molecule has 0 unspecified atom stereocenters. The number of halogens is 1. The van der Waals surface area contributed by atoms with Gasteiger partial charge in [0.05, 0.1) is 14.2 Å². The Morgan fingerprint density at radius 2 is 1.67 bits per heavy atom. The third kappa shape index (κ3) is 2.61. The van der Waals surface area contributed by atoms with E-state index >= 15 is 0 Å². The largest absolute Gasteiger partial charge is 0.493 e. The van der Waals surface area contributed by atoms with Gasteiger partial charge in [-0.25, -0.2) is 0 Å². The number of benzene rings is 1. The SMILES string of the molecule is COc1cc(Br)c(S(=O)(=O)O)cc1OC. The van der Waals surface area contributed by atoms with Gasteiger partial charge in [0.25, 0.3) is 10.1 Å². The highest BCUT2D eigenvalue weighted by Gasteiger charge is 2.18. The van der Waals surface area contributed by atoms with Crippen molar-refractivity contribution >= 4 is 26.0 Å². The Bertz CT molecular complexity index is 468. The summed E-state index contributed by atoms with van der Waals surface area (Å²) in [6.07, 6.45) is 0. The molecule has 1 N–H and O–H groups in total. The topological polar surface area (TPSA) is 72.8 Å². The summed E-state index contributed by atoms with van der Waals surface area (Å²) in [7, 11) is -1.47. The molecule has 0 radical (unpaired) electrons. The molecule has 1 aromatic rings. The van der Waals surface area contributed by atoms with Crippen molar-refractivity contribution in [3.8, 4) is 11.5 Å². The summed E-state index contributed by atoms with van der Waals surface area (Å²) >= 11 is 3.01. The second-order valence-corrected chi connectivity index (χ2v) is 4.86. The number of methoxy groups -OCH3 is 2. The van der Waals surface area contributed by atoms with E-state index in [1.165, 1.54) is 26.4 Å². The first-order valence-corrected chi connectivity index (χ1v) is 6.02. The summed E-state index contributed by atoms with van der Waals surface area (Å²) in [5, 5.41) is 0. The predicted molar refractivity (Wildman–Crippen MR) is 57.1 cm³/mol. The van der Waals surface area contributed by atoms with Gasteiger partial charge in [0.15, 0.2) is 11.5 Å². The van der Waals surface area contributed by atoms with Crippen molar-refractivity contribution in [2.45, 2.75) is 4.90 Å². The zero-order valence-electron chi connectivity index (χ0n) is 8.02. The monoisotopic (exact) mass is 296 g/mol. The summed E-state index contributed by atoms with van der Waals surface area (Å²) in [6, 6.07) is 2.58. The van der Waals surface area contributed by atoms with E-state index in [1.54, 1.807) is 0 Å². The van der Waals surface area contributed by atoms with Gasteiger partial charge < -0.3 is 9.47 Å². The average molecular weight is 297 g/mol. The van der Waals surface area contributed by atoms with Crippen LogP contribution in [0.5, 0.6) is 11.5 Å². The van der Waals surface area contributed by atoms with Crippen LogP contribution < -0.4 is 9.47 Å². The van der Waals surface area contributed by atoms with E-state index in [1.807, 2.05) is 0 Å². The lowest BCUT2D eigenvalue weighted by Gasteiger charge is -2.09. The van der Waals surface area contributed by atoms with Gasteiger partial charge in [0.2, 0.25) is 0 Å². The molecule has 15 heavy (non-hydrogen) atoms. The Hall–Kier alpha value is -0.790. The molecule has 0 aromatic heterocycles. The third-order valence-corrected chi connectivity index (χ3v) is 3.53. The minimum Gasteiger partial charge on any atom is -0.493 e. The predicted octanol–water partition coefficient (Wildman–Crippen LogP) is 1.71. The number of hydrogen-bond acceptors (Lipinski definition) is 4. The van der Waals surface area contributed by atoms with Gasteiger partial charge in [-0.05, 0) is 22.0 Å². The van der Waals surface area contributed by atoms with Crippen molar-refractivity contribution in [3.63, 3.8) is 0 Å². The third-order valence-electron chi connectivity index (χ3n) is 1.72. The van der Waals surface area contributed by atoms with Crippen LogP contribution in [0.15, 0.2) is 21.5 Å². The van der Waals surface area contributed by atoms with E-state index in [-0.39, 0.29) is 15.1 Å². The summed E-state index contributed by atoms with van der Waals surface area (Å²) in [5.41, 5.74) is 0. The van der Waals surface area contributed by atoms with Crippen molar-refractivity contribution in [3.05, 3.63) is 16.6 Å². The van der Waals surface area contributed by atoms with Crippen LogP contribution >= 0.6 is 15.9 Å². The average Bonchev–Trinajstić information content (AvgIpc) is 2.15. The van der Waals surface area contributed by atoms with Crippen LogP contribution in [0.2, 0.25) is 0 Å². The van der Waals surface area contributed by atoms with Crippen molar-refractivity contribution in [1.29, 1.82) is 0 Å². The van der Waals surface area contributed by atoms with E-state index < -0.39 is 10.1 Å². The Morgan fingerprint density at radius 3 is 2.07 bits per heavy atom. The molecule has 0 spiro atoms. The van der Waals surface area contributed by atoms with Crippen LogP contribution in [0.25, 0.3) is 0 Å². The Labute approximate surface area is 95.9 Å². The van der Waals surface area contributed by atoms with Crippen LogP contribution in [-0.2, 0) is 10.1 Å². The molecule has 1 aromatic carbocycles. The molecule has 0 aliphatic carbocycles. The van der Waals surface area contributed by atoms with Crippen molar-refractivity contribution in [2.75, 3.05) is 14.2 Å². The first kappa shape index (κ1) is 12.3. The van der Waals surface area contributed by atoms with Gasteiger partial charge in [-0.2, -0.15) is 8.42 Å². The Kier molecular flexibility index (Phi) is 3.58. The molecule has 0 heterocycles. The standard InChI is InChI=1S/C8H9BrO5S/c1-13-6-3-5(9)8(15(10,11)12)4-7(6)14-2/h3-4H,1-2H3,(H,10,11,12). The highest BCUT2D eigenvalue weighted by Crippen LogP contribution is 2.35. The molecule has 0 atom stereocenters. The van der Waals surface area contributed by atoms with Gasteiger partial charge in [0.1, 0.15) is 4.90 Å². The van der Waals surface area contributed by atoms with E-state index in [2.05, 4.69) is 15.9 Å². The number of ether oxygens (including phenoxy) is 2. The molecule has 0 aliphatic rings. The number of rotatable bonds is 3. The first-order chi connectivity index (χ1) is 6.90. The van der Waals surface area contributed by atoms with Crippen molar-refractivity contribution in [1.82, 2.24) is 0 Å². The van der Waals surface area contributed by atoms with Gasteiger partial charge in [0, 0.05) is 10.5 Å². The van der Waals surface area contributed by atoms with Gasteiger partial charge in [-0.1, -0.05) is 0 Å². The lowest BCUT2D eigenvalue weighted by atomic mass is 10.3. The van der Waals surface area contributed by atoms with Gasteiger partial charge >= 0.3 is 0 Å². The molecule has 0 saturated carbocycles. The lowest BCUT2D eigenvalue weighted by molar-refractivity contribution is 0.353. The van der Waals surface area contributed by atoms with Gasteiger partial charge in [-0.3, -0.25) is 4.55 Å². The van der Waals surface area contributed by atoms with E-state index in [4.69, 9.17) is 14.0 Å². The second-order valence-electron chi connectivity index (χ2n) is 2.61. The van der Waals surface area contributed by atoms with E-state index in [0.29, 0.717) is 5.75 Å². The second kappa shape index (κ2) is 4.38. The first-order valence-electron chi connectivity index (χ1n) is 3.79. The zero-order chi connectivity index (χ0) is 11.6. The number of hydrogen-bond donors (Lipinski definition) is 1. The van der Waals surface area contributed by atoms with E-state index in [0.717, 1.165) is 0 Å². The molecule has 0 bridgehead atoms. The van der Waals surface area contributed by atoms with Crippen LogP contribution in [0.4, 0.5) is 0 Å². The maximum Gasteiger partial charge on any atom is 0.295 e. The quantitative estimate of drug-likeness (QED) is 0.860. The minimum atomic E-state index is -4.27.